The van der Waals surface area contributed by atoms with Gasteiger partial charge in [-0.3, -0.25) is 4.79 Å². The minimum absolute atomic E-state index is 0.667. The van der Waals surface area contributed by atoms with E-state index in [1.165, 1.54) is 13.8 Å². The molecular weight excluding hydrogens is 136 g/mol. The summed E-state index contributed by atoms with van der Waals surface area (Å²) in [5, 5.41) is 8.93. The van der Waals surface area contributed by atoms with Gasteiger partial charge in [0.05, 0.1) is 5.41 Å². The molecule has 0 aromatic carbocycles. The lowest BCUT2D eigenvalue weighted by Crippen LogP contribution is -2.30. The van der Waals surface area contributed by atoms with Crippen LogP contribution in [0.2, 0.25) is 0 Å². The lowest BCUT2D eigenvalue weighted by molar-refractivity contribution is -0.160. The summed E-state index contributed by atoms with van der Waals surface area (Å²) >= 11 is 0. The van der Waals surface area contributed by atoms with Crippen molar-refractivity contribution >= 4 is 11.8 Å². The Morgan fingerprint density at radius 1 is 1.50 bits per heavy atom. The highest BCUT2D eigenvalue weighted by Crippen LogP contribution is 2.29. The fourth-order valence-electron chi connectivity index (χ4n) is 0.677. The highest BCUT2D eigenvalue weighted by molar-refractivity contribution is 6.37. The van der Waals surface area contributed by atoms with Crippen molar-refractivity contribution in [2.75, 3.05) is 0 Å². The summed E-state index contributed by atoms with van der Waals surface area (Å²) in [6.07, 6.45) is -1.28. The fourth-order valence-corrected chi connectivity index (χ4v) is 0.677. The smallest absolute Gasteiger partial charge is 0.377 e. The standard InChI is InChI=1S/C6H8O4/c1-6(2)3(7)4(8)10-5(6)9/h5,9H,1-2H3. The first-order valence-corrected chi connectivity index (χ1v) is 2.89. The van der Waals surface area contributed by atoms with E-state index in [-0.39, 0.29) is 0 Å². The molecule has 1 heterocycles. The van der Waals surface area contributed by atoms with Crippen LogP contribution in [-0.2, 0) is 14.3 Å². The zero-order valence-corrected chi connectivity index (χ0v) is 5.75. The van der Waals surface area contributed by atoms with Crippen LogP contribution in [0.5, 0.6) is 0 Å². The Morgan fingerprint density at radius 2 is 2.00 bits per heavy atom. The number of cyclic esters (lactones) is 1. The van der Waals surface area contributed by atoms with Gasteiger partial charge >= 0.3 is 5.97 Å². The van der Waals surface area contributed by atoms with Crippen molar-refractivity contribution in [3.63, 3.8) is 0 Å². The lowest BCUT2D eigenvalue weighted by Gasteiger charge is -2.14. The van der Waals surface area contributed by atoms with Crippen LogP contribution >= 0.6 is 0 Å². The molecule has 56 valence electrons. The van der Waals surface area contributed by atoms with E-state index < -0.39 is 23.5 Å². The summed E-state index contributed by atoms with van der Waals surface area (Å²) in [4.78, 5) is 21.3. The van der Waals surface area contributed by atoms with E-state index >= 15 is 0 Å². The monoisotopic (exact) mass is 144 g/mol. The van der Waals surface area contributed by atoms with E-state index in [0.717, 1.165) is 0 Å². The van der Waals surface area contributed by atoms with Gasteiger partial charge in [0, 0.05) is 0 Å². The van der Waals surface area contributed by atoms with Crippen LogP contribution in [-0.4, -0.2) is 23.1 Å². The van der Waals surface area contributed by atoms with Gasteiger partial charge in [-0.2, -0.15) is 0 Å². The van der Waals surface area contributed by atoms with Crippen LogP contribution in [0.3, 0.4) is 0 Å². The third kappa shape index (κ3) is 0.724. The van der Waals surface area contributed by atoms with E-state index in [1.807, 2.05) is 0 Å². The van der Waals surface area contributed by atoms with Gasteiger partial charge < -0.3 is 9.84 Å². The maximum Gasteiger partial charge on any atom is 0.377 e. The molecule has 1 fully saturated rings. The molecule has 1 N–H and O–H groups in total. The molecule has 4 nitrogen and oxygen atoms in total. The second-order valence-corrected chi connectivity index (χ2v) is 2.81. The van der Waals surface area contributed by atoms with Crippen molar-refractivity contribution in [1.82, 2.24) is 0 Å². The third-order valence-corrected chi connectivity index (χ3v) is 1.61. The average Bonchev–Trinajstić information content (AvgIpc) is 1.97. The van der Waals surface area contributed by atoms with Crippen LogP contribution in [0, 0.1) is 5.41 Å². The molecule has 0 aromatic heterocycles. The van der Waals surface area contributed by atoms with Gasteiger partial charge in [0.2, 0.25) is 6.29 Å². The highest BCUT2D eigenvalue weighted by atomic mass is 16.6. The predicted molar refractivity (Wildman–Crippen MR) is 30.9 cm³/mol. The molecule has 1 saturated heterocycles. The van der Waals surface area contributed by atoms with Crippen molar-refractivity contribution in [3.05, 3.63) is 0 Å². The number of rotatable bonds is 0. The van der Waals surface area contributed by atoms with Crippen LogP contribution in [0.4, 0.5) is 0 Å². The first kappa shape index (κ1) is 7.21. The largest absolute Gasteiger partial charge is 0.429 e. The van der Waals surface area contributed by atoms with Gasteiger partial charge in [-0.05, 0) is 13.8 Å². The summed E-state index contributed by atoms with van der Waals surface area (Å²) in [6, 6.07) is 0. The van der Waals surface area contributed by atoms with Crippen LogP contribution in [0.1, 0.15) is 13.8 Å². The van der Waals surface area contributed by atoms with Gasteiger partial charge in [0.1, 0.15) is 0 Å². The molecule has 4 heteroatoms. The van der Waals surface area contributed by atoms with E-state index in [2.05, 4.69) is 4.74 Å². The lowest BCUT2D eigenvalue weighted by atomic mass is 9.90. The first-order chi connectivity index (χ1) is 4.46. The molecule has 1 unspecified atom stereocenters. The van der Waals surface area contributed by atoms with Crippen LogP contribution < -0.4 is 0 Å². The molecule has 1 rings (SSSR count). The predicted octanol–water partition coefficient (Wildman–Crippen LogP) is -0.543. The van der Waals surface area contributed by atoms with Crippen molar-refractivity contribution in [2.45, 2.75) is 20.1 Å². The van der Waals surface area contributed by atoms with Gasteiger partial charge in [-0.1, -0.05) is 0 Å². The zero-order chi connectivity index (χ0) is 7.94. The molecule has 0 saturated carbocycles. The second kappa shape index (κ2) is 1.79. The molecule has 1 atom stereocenters. The van der Waals surface area contributed by atoms with Crippen molar-refractivity contribution in [2.24, 2.45) is 5.41 Å². The molecule has 1 aliphatic heterocycles. The van der Waals surface area contributed by atoms with Gasteiger partial charge in [-0.15, -0.1) is 0 Å². The summed E-state index contributed by atoms with van der Waals surface area (Å²) < 4.78 is 4.26. The van der Waals surface area contributed by atoms with Gasteiger partial charge in [0.15, 0.2) is 0 Å². The summed E-state index contributed by atoms with van der Waals surface area (Å²) in [5.74, 6) is -1.61. The summed E-state index contributed by atoms with van der Waals surface area (Å²) in [5.41, 5.74) is -1.07. The first-order valence-electron chi connectivity index (χ1n) is 2.89. The Balaban J connectivity index is 2.96. The van der Waals surface area contributed by atoms with Gasteiger partial charge in [-0.25, -0.2) is 4.79 Å². The number of esters is 1. The SMILES string of the molecule is CC1(C)C(=O)C(=O)OC1O. The second-order valence-electron chi connectivity index (χ2n) is 2.81. The number of hydrogen-bond donors (Lipinski definition) is 1. The minimum Gasteiger partial charge on any atom is -0.429 e. The van der Waals surface area contributed by atoms with Crippen molar-refractivity contribution < 1.29 is 19.4 Å². The molecule has 0 bridgehead atoms. The van der Waals surface area contributed by atoms with Crippen LogP contribution in [0.15, 0.2) is 0 Å². The number of carbonyl (C=O) groups is 2. The normalized spacial score (nSPS) is 30.5. The quantitative estimate of drug-likeness (QED) is 0.366. The maximum atomic E-state index is 10.8. The number of ketones is 1. The summed E-state index contributed by atoms with van der Waals surface area (Å²) in [7, 11) is 0. The molecular formula is C6H8O4. The molecule has 0 radical (unpaired) electrons. The number of aliphatic hydroxyl groups excluding tert-OH is 1. The topological polar surface area (TPSA) is 63.6 Å². The Bertz CT molecular complexity index is 194. The number of hydrogen-bond acceptors (Lipinski definition) is 4. The number of aliphatic hydroxyl groups is 1. The summed E-state index contributed by atoms with van der Waals surface area (Å²) in [6.45, 7) is 2.93. The van der Waals surface area contributed by atoms with Crippen LogP contribution in [0.25, 0.3) is 0 Å². The van der Waals surface area contributed by atoms with E-state index in [4.69, 9.17) is 5.11 Å². The molecule has 1 aliphatic rings. The number of carbonyl (C=O) groups excluding carboxylic acids is 2. The number of ether oxygens (including phenoxy) is 1. The average molecular weight is 144 g/mol. The van der Waals surface area contributed by atoms with E-state index in [9.17, 15) is 9.59 Å². The van der Waals surface area contributed by atoms with Crippen molar-refractivity contribution in [1.29, 1.82) is 0 Å². The maximum absolute atomic E-state index is 10.8. The third-order valence-electron chi connectivity index (χ3n) is 1.61. The van der Waals surface area contributed by atoms with E-state index in [0.29, 0.717) is 0 Å². The highest BCUT2D eigenvalue weighted by Gasteiger charge is 2.49. The Kier molecular flexibility index (Phi) is 1.29. The Labute approximate surface area is 57.8 Å². The molecule has 0 spiro atoms. The van der Waals surface area contributed by atoms with Gasteiger partial charge in [0.25, 0.3) is 5.78 Å². The molecule has 0 aromatic rings. The van der Waals surface area contributed by atoms with Crippen molar-refractivity contribution in [3.8, 4) is 0 Å². The molecule has 10 heavy (non-hydrogen) atoms. The van der Waals surface area contributed by atoms with E-state index in [1.54, 1.807) is 0 Å². The Hall–Kier alpha value is -0.900. The zero-order valence-electron chi connectivity index (χ0n) is 5.75. The minimum atomic E-state index is -1.28. The number of Topliss-reactive ketones (excluding diaryl/α,β-unsaturated/α-hetero) is 1. The fraction of sp³-hybridized carbons (Fsp3) is 0.667. The molecule has 0 aliphatic carbocycles. The molecule has 0 amide bonds. The Morgan fingerprint density at radius 3 is 2.10 bits per heavy atom.